The van der Waals surface area contributed by atoms with E-state index in [1.165, 1.54) is 0 Å². The van der Waals surface area contributed by atoms with Crippen molar-refractivity contribution in [1.82, 2.24) is 0 Å². The number of benzene rings is 2. The van der Waals surface area contributed by atoms with Crippen molar-refractivity contribution in [3.63, 3.8) is 0 Å². The Hall–Kier alpha value is -2.07. The number of ether oxygens (including phenoxy) is 1. The first-order chi connectivity index (χ1) is 10.1. The Morgan fingerprint density at radius 1 is 1.24 bits per heavy atom. The highest BCUT2D eigenvalue weighted by Gasteiger charge is 2.24. The monoisotopic (exact) mass is 287 g/mol. The van der Waals surface area contributed by atoms with Crippen molar-refractivity contribution in [3.05, 3.63) is 42.0 Å². The zero-order valence-electron chi connectivity index (χ0n) is 12.4. The minimum atomic E-state index is -0.830. The molecule has 3 N–H and O–H groups in total. The van der Waals surface area contributed by atoms with Crippen molar-refractivity contribution in [2.45, 2.75) is 31.7 Å². The largest absolute Gasteiger partial charge is 0.496 e. The second-order valence-corrected chi connectivity index (χ2v) is 5.18. The summed E-state index contributed by atoms with van der Waals surface area (Å²) in [5.74, 6) is -0.249. The maximum Gasteiger partial charge on any atom is 0.304 e. The fourth-order valence-corrected chi connectivity index (χ4v) is 2.76. The molecule has 0 radical (unpaired) electrons. The highest BCUT2D eigenvalue weighted by molar-refractivity contribution is 5.92. The van der Waals surface area contributed by atoms with Crippen LogP contribution in [0, 0.1) is 0 Å². The standard InChI is InChI=1S/C17H21NO3/c1-3-15(18)14(10-17(19)20)12-8-9-16(21-2)13-7-5-4-6-11(12)13/h4-9,14-15H,3,10,18H2,1-2H3,(H,19,20). The van der Waals surface area contributed by atoms with E-state index in [-0.39, 0.29) is 18.4 Å². The van der Waals surface area contributed by atoms with Crippen LogP contribution in [0.3, 0.4) is 0 Å². The van der Waals surface area contributed by atoms with Crippen LogP contribution in [-0.2, 0) is 4.79 Å². The van der Waals surface area contributed by atoms with Gasteiger partial charge < -0.3 is 15.6 Å². The fraction of sp³-hybridized carbons (Fsp3) is 0.353. The first kappa shape index (κ1) is 15.3. The van der Waals surface area contributed by atoms with Gasteiger partial charge >= 0.3 is 5.97 Å². The number of fused-ring (bicyclic) bond motifs is 1. The molecule has 112 valence electrons. The Bertz CT molecular complexity index is 639. The van der Waals surface area contributed by atoms with E-state index in [0.29, 0.717) is 0 Å². The number of carboxylic acid groups (broad SMARTS) is 1. The summed E-state index contributed by atoms with van der Waals surface area (Å²) in [5.41, 5.74) is 7.14. The maximum atomic E-state index is 11.2. The van der Waals surface area contributed by atoms with E-state index in [4.69, 9.17) is 10.5 Å². The van der Waals surface area contributed by atoms with Gasteiger partial charge in [0.2, 0.25) is 0 Å². The maximum absolute atomic E-state index is 11.2. The minimum Gasteiger partial charge on any atom is -0.496 e. The van der Waals surface area contributed by atoms with E-state index in [1.54, 1.807) is 7.11 Å². The molecule has 0 aliphatic rings. The molecule has 0 amide bonds. The minimum absolute atomic E-state index is 0.0331. The number of rotatable bonds is 6. The average Bonchev–Trinajstić information content (AvgIpc) is 2.50. The van der Waals surface area contributed by atoms with Gasteiger partial charge in [0.25, 0.3) is 0 Å². The molecule has 2 atom stereocenters. The summed E-state index contributed by atoms with van der Waals surface area (Å²) in [6.45, 7) is 1.98. The Morgan fingerprint density at radius 3 is 2.48 bits per heavy atom. The van der Waals surface area contributed by atoms with Crippen LogP contribution in [0.25, 0.3) is 10.8 Å². The molecule has 0 saturated heterocycles. The third-order valence-corrected chi connectivity index (χ3v) is 3.92. The quantitative estimate of drug-likeness (QED) is 0.856. The number of aliphatic carboxylic acids is 1. The number of nitrogens with two attached hydrogens (primary N) is 1. The van der Waals surface area contributed by atoms with Gasteiger partial charge in [-0.15, -0.1) is 0 Å². The Labute approximate surface area is 124 Å². The molecule has 0 aliphatic carbocycles. The van der Waals surface area contributed by atoms with Gasteiger partial charge in [-0.3, -0.25) is 4.79 Å². The number of carboxylic acids is 1. The SMILES string of the molecule is CCC(N)C(CC(=O)O)c1ccc(OC)c2ccccc12. The summed E-state index contributed by atoms with van der Waals surface area (Å²) in [5, 5.41) is 11.2. The lowest BCUT2D eigenvalue weighted by molar-refractivity contribution is -0.137. The van der Waals surface area contributed by atoms with Gasteiger partial charge in [-0.1, -0.05) is 37.3 Å². The Morgan fingerprint density at radius 2 is 1.90 bits per heavy atom. The second kappa shape index (κ2) is 6.59. The van der Waals surface area contributed by atoms with E-state index in [1.807, 2.05) is 43.3 Å². The van der Waals surface area contributed by atoms with Crippen molar-refractivity contribution >= 4 is 16.7 Å². The summed E-state index contributed by atoms with van der Waals surface area (Å²) in [4.78, 5) is 11.2. The van der Waals surface area contributed by atoms with E-state index in [0.717, 1.165) is 28.5 Å². The first-order valence-electron chi connectivity index (χ1n) is 7.11. The van der Waals surface area contributed by atoms with Crippen molar-refractivity contribution in [2.24, 2.45) is 5.73 Å². The number of carbonyl (C=O) groups is 1. The van der Waals surface area contributed by atoms with Crippen LogP contribution in [0.5, 0.6) is 5.75 Å². The van der Waals surface area contributed by atoms with Crippen LogP contribution in [0.1, 0.15) is 31.2 Å². The third-order valence-electron chi connectivity index (χ3n) is 3.92. The Kier molecular flexibility index (Phi) is 4.81. The lowest BCUT2D eigenvalue weighted by atomic mass is 9.84. The molecule has 4 nitrogen and oxygen atoms in total. The van der Waals surface area contributed by atoms with E-state index in [9.17, 15) is 9.90 Å². The van der Waals surface area contributed by atoms with E-state index >= 15 is 0 Å². The molecule has 0 spiro atoms. The van der Waals surface area contributed by atoms with Crippen LogP contribution in [0.4, 0.5) is 0 Å². The summed E-state index contributed by atoms with van der Waals surface area (Å²) < 4.78 is 5.38. The van der Waals surface area contributed by atoms with Crippen molar-refractivity contribution < 1.29 is 14.6 Å². The zero-order valence-corrected chi connectivity index (χ0v) is 12.4. The van der Waals surface area contributed by atoms with Gasteiger partial charge in [-0.2, -0.15) is 0 Å². The Balaban J connectivity index is 2.60. The molecule has 21 heavy (non-hydrogen) atoms. The van der Waals surface area contributed by atoms with Crippen LogP contribution in [-0.4, -0.2) is 24.2 Å². The predicted molar refractivity (Wildman–Crippen MR) is 83.8 cm³/mol. The molecule has 0 heterocycles. The van der Waals surface area contributed by atoms with Crippen molar-refractivity contribution in [2.75, 3.05) is 7.11 Å². The molecule has 4 heteroatoms. The molecule has 2 aromatic carbocycles. The molecule has 0 aliphatic heterocycles. The second-order valence-electron chi connectivity index (χ2n) is 5.18. The molecular formula is C17H21NO3. The van der Waals surface area contributed by atoms with Crippen LogP contribution in [0.15, 0.2) is 36.4 Å². The van der Waals surface area contributed by atoms with Gasteiger partial charge in [-0.25, -0.2) is 0 Å². The molecule has 0 saturated carbocycles. The summed E-state index contributed by atoms with van der Waals surface area (Å²) in [6.07, 6.45) is 0.767. The van der Waals surface area contributed by atoms with Crippen LogP contribution in [0.2, 0.25) is 0 Å². The van der Waals surface area contributed by atoms with Gasteiger partial charge in [0, 0.05) is 17.3 Å². The smallest absolute Gasteiger partial charge is 0.304 e. The summed E-state index contributed by atoms with van der Waals surface area (Å²) in [6, 6.07) is 11.5. The highest BCUT2D eigenvalue weighted by atomic mass is 16.5. The molecule has 2 rings (SSSR count). The topological polar surface area (TPSA) is 72.6 Å². The van der Waals surface area contributed by atoms with Gasteiger partial charge in [0.05, 0.1) is 13.5 Å². The van der Waals surface area contributed by atoms with Crippen molar-refractivity contribution in [3.8, 4) is 5.75 Å². The van der Waals surface area contributed by atoms with Gasteiger partial charge in [-0.05, 0) is 23.4 Å². The van der Waals surface area contributed by atoms with Gasteiger partial charge in [0.15, 0.2) is 0 Å². The average molecular weight is 287 g/mol. The van der Waals surface area contributed by atoms with Gasteiger partial charge in [0.1, 0.15) is 5.75 Å². The molecule has 0 bridgehead atoms. The molecule has 2 aromatic rings. The lowest BCUT2D eigenvalue weighted by Gasteiger charge is -2.24. The normalized spacial score (nSPS) is 13.9. The first-order valence-corrected chi connectivity index (χ1v) is 7.11. The molecular weight excluding hydrogens is 266 g/mol. The zero-order chi connectivity index (χ0) is 15.4. The van der Waals surface area contributed by atoms with Crippen molar-refractivity contribution in [1.29, 1.82) is 0 Å². The highest BCUT2D eigenvalue weighted by Crippen LogP contribution is 2.35. The third kappa shape index (κ3) is 3.16. The molecule has 2 unspecified atom stereocenters. The number of methoxy groups -OCH3 is 1. The number of hydrogen-bond acceptors (Lipinski definition) is 3. The fourth-order valence-electron chi connectivity index (χ4n) is 2.76. The summed E-state index contributed by atoms with van der Waals surface area (Å²) >= 11 is 0. The predicted octanol–water partition coefficient (Wildman–Crippen LogP) is 3.14. The van der Waals surface area contributed by atoms with E-state index in [2.05, 4.69) is 0 Å². The van der Waals surface area contributed by atoms with E-state index < -0.39 is 5.97 Å². The molecule has 0 fully saturated rings. The summed E-state index contributed by atoms with van der Waals surface area (Å²) in [7, 11) is 1.63. The van der Waals surface area contributed by atoms with Crippen LogP contribution >= 0.6 is 0 Å². The lowest BCUT2D eigenvalue weighted by Crippen LogP contribution is -2.29. The van der Waals surface area contributed by atoms with Crippen LogP contribution < -0.4 is 10.5 Å². The molecule has 0 aromatic heterocycles. The number of hydrogen-bond donors (Lipinski definition) is 2.